The number of nitrogen functional groups attached to an aromatic ring is 1. The first-order valence-electron chi connectivity index (χ1n) is 5.98. The van der Waals surface area contributed by atoms with Crippen molar-refractivity contribution >= 4 is 23.3 Å². The minimum atomic E-state index is -0.867. The normalized spacial score (nSPS) is 10.0. The minimum absolute atomic E-state index is 0.0436. The van der Waals surface area contributed by atoms with Gasteiger partial charge in [-0.25, -0.2) is 0 Å². The molecule has 19 heavy (non-hydrogen) atoms. The molecule has 0 atom stereocenters. The Hall–Kier alpha value is -2.24. The number of nitrogens with two attached hydrogens (primary N) is 1. The van der Waals surface area contributed by atoms with Crippen LogP contribution in [0.25, 0.3) is 0 Å². The predicted octanol–water partition coefficient (Wildman–Crippen LogP) is 0.929. The summed E-state index contributed by atoms with van der Waals surface area (Å²) >= 11 is 0. The largest absolute Gasteiger partial charge is 0.481 e. The Balaban J connectivity index is 2.58. The van der Waals surface area contributed by atoms with Crippen molar-refractivity contribution in [2.75, 3.05) is 31.3 Å². The fraction of sp³-hybridized carbons (Fsp3) is 0.385. The van der Waals surface area contributed by atoms with Gasteiger partial charge in [0.05, 0.1) is 11.4 Å². The van der Waals surface area contributed by atoms with Crippen LogP contribution >= 0.6 is 0 Å². The van der Waals surface area contributed by atoms with Gasteiger partial charge in [0.2, 0.25) is 0 Å². The molecule has 0 fully saturated rings. The van der Waals surface area contributed by atoms with Gasteiger partial charge >= 0.3 is 5.97 Å². The number of carbonyl (C=O) groups excluding carboxylic acids is 1. The molecule has 0 spiro atoms. The number of hydrogen-bond donors (Lipinski definition) is 3. The van der Waals surface area contributed by atoms with E-state index in [2.05, 4.69) is 5.32 Å². The van der Waals surface area contributed by atoms with Crippen LogP contribution < -0.4 is 16.0 Å². The van der Waals surface area contributed by atoms with Gasteiger partial charge < -0.3 is 21.1 Å². The Labute approximate surface area is 112 Å². The molecule has 0 saturated carbocycles. The van der Waals surface area contributed by atoms with Gasteiger partial charge in [-0.05, 0) is 24.6 Å². The second-order valence-electron chi connectivity index (χ2n) is 4.42. The minimum Gasteiger partial charge on any atom is -0.481 e. The SMILES string of the molecule is CN(C)c1ccc(C(=O)NCCCC(=O)O)cc1N. The van der Waals surface area contributed by atoms with Crippen molar-refractivity contribution in [3.63, 3.8) is 0 Å². The van der Waals surface area contributed by atoms with E-state index in [0.717, 1.165) is 5.69 Å². The van der Waals surface area contributed by atoms with Crippen molar-refractivity contribution in [2.24, 2.45) is 0 Å². The van der Waals surface area contributed by atoms with Gasteiger partial charge in [-0.3, -0.25) is 9.59 Å². The first-order chi connectivity index (χ1) is 8.91. The van der Waals surface area contributed by atoms with E-state index in [1.54, 1.807) is 18.2 Å². The molecule has 0 aliphatic rings. The molecule has 0 heterocycles. The van der Waals surface area contributed by atoms with Crippen LogP contribution in [0.15, 0.2) is 18.2 Å². The topological polar surface area (TPSA) is 95.7 Å². The highest BCUT2D eigenvalue weighted by atomic mass is 16.4. The lowest BCUT2D eigenvalue weighted by molar-refractivity contribution is -0.137. The molecule has 4 N–H and O–H groups in total. The predicted molar refractivity (Wildman–Crippen MR) is 74.4 cm³/mol. The number of hydrogen-bond acceptors (Lipinski definition) is 4. The van der Waals surface area contributed by atoms with Gasteiger partial charge in [0, 0.05) is 32.6 Å². The first-order valence-corrected chi connectivity index (χ1v) is 5.98. The zero-order valence-corrected chi connectivity index (χ0v) is 11.1. The maximum atomic E-state index is 11.8. The van der Waals surface area contributed by atoms with Crippen LogP contribution in [0.5, 0.6) is 0 Å². The van der Waals surface area contributed by atoms with E-state index in [1.165, 1.54) is 0 Å². The molecular weight excluding hydrogens is 246 g/mol. The fourth-order valence-corrected chi connectivity index (χ4v) is 1.65. The lowest BCUT2D eigenvalue weighted by Gasteiger charge is -2.15. The number of aliphatic carboxylic acids is 1. The molecule has 6 heteroatoms. The van der Waals surface area contributed by atoms with Gasteiger partial charge in [0.25, 0.3) is 5.91 Å². The Morgan fingerprint density at radius 2 is 2.05 bits per heavy atom. The van der Waals surface area contributed by atoms with E-state index in [0.29, 0.717) is 24.2 Å². The highest BCUT2D eigenvalue weighted by molar-refractivity contribution is 5.96. The number of carboxylic acid groups (broad SMARTS) is 1. The second-order valence-corrected chi connectivity index (χ2v) is 4.42. The van der Waals surface area contributed by atoms with E-state index in [1.807, 2.05) is 19.0 Å². The lowest BCUT2D eigenvalue weighted by Crippen LogP contribution is -2.25. The van der Waals surface area contributed by atoms with Crippen molar-refractivity contribution in [1.82, 2.24) is 5.32 Å². The molecule has 0 aliphatic heterocycles. The molecule has 6 nitrogen and oxygen atoms in total. The van der Waals surface area contributed by atoms with Gasteiger partial charge in [-0.1, -0.05) is 0 Å². The highest BCUT2D eigenvalue weighted by Crippen LogP contribution is 2.22. The molecule has 0 saturated heterocycles. The standard InChI is InChI=1S/C13H19N3O3/c1-16(2)11-6-5-9(8-10(11)14)13(19)15-7-3-4-12(17)18/h5-6,8H,3-4,7,14H2,1-2H3,(H,15,19)(H,17,18). The van der Waals surface area contributed by atoms with Crippen LogP contribution in [-0.2, 0) is 4.79 Å². The third-order valence-corrected chi connectivity index (χ3v) is 2.62. The van der Waals surface area contributed by atoms with E-state index in [4.69, 9.17) is 10.8 Å². The Bertz CT molecular complexity index is 472. The maximum absolute atomic E-state index is 11.8. The van der Waals surface area contributed by atoms with E-state index in [-0.39, 0.29) is 12.3 Å². The van der Waals surface area contributed by atoms with Crippen molar-refractivity contribution < 1.29 is 14.7 Å². The van der Waals surface area contributed by atoms with E-state index in [9.17, 15) is 9.59 Å². The summed E-state index contributed by atoms with van der Waals surface area (Å²) in [6.07, 6.45) is 0.453. The summed E-state index contributed by atoms with van der Waals surface area (Å²) in [4.78, 5) is 24.0. The van der Waals surface area contributed by atoms with Gasteiger partial charge in [-0.15, -0.1) is 0 Å². The van der Waals surface area contributed by atoms with E-state index >= 15 is 0 Å². The zero-order chi connectivity index (χ0) is 14.4. The Kier molecular flexibility index (Phi) is 5.17. The summed E-state index contributed by atoms with van der Waals surface area (Å²) in [5, 5.41) is 11.1. The third kappa shape index (κ3) is 4.50. The average Bonchev–Trinajstić information content (AvgIpc) is 2.33. The average molecular weight is 265 g/mol. The number of nitrogens with one attached hydrogen (secondary N) is 1. The third-order valence-electron chi connectivity index (χ3n) is 2.62. The molecule has 0 aromatic heterocycles. The van der Waals surface area contributed by atoms with E-state index < -0.39 is 5.97 Å². The molecule has 1 aromatic rings. The summed E-state index contributed by atoms with van der Waals surface area (Å²) < 4.78 is 0. The van der Waals surface area contributed by atoms with Gasteiger partial charge in [0.1, 0.15) is 0 Å². The Morgan fingerprint density at radius 1 is 1.37 bits per heavy atom. The number of benzene rings is 1. The van der Waals surface area contributed by atoms with Crippen molar-refractivity contribution in [3.05, 3.63) is 23.8 Å². The van der Waals surface area contributed by atoms with Gasteiger partial charge in [-0.2, -0.15) is 0 Å². The first kappa shape index (κ1) is 14.8. The smallest absolute Gasteiger partial charge is 0.303 e. The summed E-state index contributed by atoms with van der Waals surface area (Å²) in [6, 6.07) is 5.08. The molecule has 1 aromatic carbocycles. The number of carboxylic acids is 1. The van der Waals surface area contributed by atoms with Gasteiger partial charge in [0.15, 0.2) is 0 Å². The van der Waals surface area contributed by atoms with Crippen LogP contribution in [0.2, 0.25) is 0 Å². The fourth-order valence-electron chi connectivity index (χ4n) is 1.65. The summed E-state index contributed by atoms with van der Waals surface area (Å²) in [6.45, 7) is 0.334. The highest BCUT2D eigenvalue weighted by Gasteiger charge is 2.09. The molecule has 0 aliphatic carbocycles. The second kappa shape index (κ2) is 6.63. The maximum Gasteiger partial charge on any atom is 0.303 e. The molecule has 0 radical (unpaired) electrons. The molecule has 104 valence electrons. The molecule has 1 amide bonds. The van der Waals surface area contributed by atoms with Crippen LogP contribution in [0.4, 0.5) is 11.4 Å². The summed E-state index contributed by atoms with van der Waals surface area (Å²) in [5.74, 6) is -1.11. The number of nitrogens with zero attached hydrogens (tertiary/aromatic N) is 1. The summed E-state index contributed by atoms with van der Waals surface area (Å²) in [7, 11) is 3.74. The Morgan fingerprint density at radius 3 is 2.58 bits per heavy atom. The molecule has 0 unspecified atom stereocenters. The molecule has 0 bridgehead atoms. The number of anilines is 2. The van der Waals surface area contributed by atoms with Crippen LogP contribution in [-0.4, -0.2) is 37.6 Å². The van der Waals surface area contributed by atoms with Crippen LogP contribution in [0.1, 0.15) is 23.2 Å². The zero-order valence-electron chi connectivity index (χ0n) is 11.1. The number of carbonyl (C=O) groups is 2. The van der Waals surface area contributed by atoms with Crippen LogP contribution in [0, 0.1) is 0 Å². The van der Waals surface area contributed by atoms with Crippen molar-refractivity contribution in [3.8, 4) is 0 Å². The molecule has 1 rings (SSSR count). The number of rotatable bonds is 6. The van der Waals surface area contributed by atoms with Crippen molar-refractivity contribution in [1.29, 1.82) is 0 Å². The molecular formula is C13H19N3O3. The van der Waals surface area contributed by atoms with Crippen molar-refractivity contribution in [2.45, 2.75) is 12.8 Å². The monoisotopic (exact) mass is 265 g/mol. The number of amides is 1. The summed E-state index contributed by atoms with van der Waals surface area (Å²) in [5.41, 5.74) is 7.71. The quantitative estimate of drug-likeness (QED) is 0.525. The van der Waals surface area contributed by atoms with Crippen LogP contribution in [0.3, 0.4) is 0 Å². The lowest BCUT2D eigenvalue weighted by atomic mass is 10.1.